The lowest BCUT2D eigenvalue weighted by Crippen LogP contribution is -2.19. The number of fused-ring (bicyclic) bond motifs is 3. The smallest absolute Gasteiger partial charge is 0.146 e. The molecule has 0 saturated carbocycles. The van der Waals surface area contributed by atoms with Gasteiger partial charge in [-0.15, -0.1) is 0 Å². The second kappa shape index (κ2) is 7.05. The second-order valence-electron chi connectivity index (χ2n) is 7.33. The van der Waals surface area contributed by atoms with E-state index in [9.17, 15) is 0 Å². The van der Waals surface area contributed by atoms with Gasteiger partial charge < -0.3 is 15.2 Å². The van der Waals surface area contributed by atoms with E-state index in [1.165, 1.54) is 0 Å². The van der Waals surface area contributed by atoms with Gasteiger partial charge in [0.1, 0.15) is 11.6 Å². The fraction of sp³-hybridized carbons (Fsp3) is 0.125. The number of nitrogens with two attached hydrogens (primary N) is 1. The predicted octanol–water partition coefficient (Wildman–Crippen LogP) is 4.86. The number of aryl methyl sites for hydroxylation is 1. The van der Waals surface area contributed by atoms with Crippen LogP contribution in [0.25, 0.3) is 22.3 Å². The Labute approximate surface area is 174 Å². The molecule has 0 saturated heterocycles. The van der Waals surface area contributed by atoms with Crippen LogP contribution in [0.3, 0.4) is 0 Å². The van der Waals surface area contributed by atoms with E-state index in [0.717, 1.165) is 58.0 Å². The Balaban J connectivity index is 1.69. The average Bonchev–Trinajstić information content (AvgIpc) is 3.06. The Bertz CT molecular complexity index is 1270. The molecule has 3 heterocycles. The topological polar surface area (TPSA) is 92.0 Å². The van der Waals surface area contributed by atoms with Crippen LogP contribution >= 0.6 is 0 Å². The van der Waals surface area contributed by atoms with Crippen molar-refractivity contribution in [1.82, 2.24) is 10.1 Å². The van der Waals surface area contributed by atoms with E-state index in [1.54, 1.807) is 6.20 Å². The zero-order valence-corrected chi connectivity index (χ0v) is 16.5. The van der Waals surface area contributed by atoms with E-state index >= 15 is 0 Å². The molecular weight excluding hydrogens is 374 g/mol. The highest BCUT2D eigenvalue weighted by atomic mass is 16.5. The van der Waals surface area contributed by atoms with Crippen LogP contribution < -0.4 is 10.6 Å². The molecule has 0 atom stereocenters. The van der Waals surface area contributed by atoms with E-state index in [4.69, 9.17) is 15.5 Å². The molecule has 0 aliphatic carbocycles. The van der Waals surface area contributed by atoms with Gasteiger partial charge in [0.15, 0.2) is 0 Å². The number of nitriles is 1. The fourth-order valence-corrected chi connectivity index (χ4v) is 3.97. The molecule has 0 unspecified atom stereocenters. The molecule has 1 aliphatic heterocycles. The number of hydrogen-bond acceptors (Lipinski definition) is 6. The standard InChI is InChI=1S/C24H19N5O/c1-15-24-20-8-4-17(18-5-9-23(26)27-14-18)12-21(20)29(11-10-22(24)30-28-15)19-6-2-16(13-25)3-7-19/h2-9,12,14H,10-11H2,1H3,(H2,26,27). The van der Waals surface area contributed by atoms with Crippen LogP contribution in [0.1, 0.15) is 17.0 Å². The van der Waals surface area contributed by atoms with Crippen molar-refractivity contribution in [3.8, 4) is 28.3 Å². The zero-order chi connectivity index (χ0) is 20.7. The molecule has 0 fully saturated rings. The largest absolute Gasteiger partial charge is 0.384 e. The highest BCUT2D eigenvalue weighted by molar-refractivity contribution is 5.88. The van der Waals surface area contributed by atoms with Gasteiger partial charge in [-0.3, -0.25) is 0 Å². The maximum Gasteiger partial charge on any atom is 0.146 e. The van der Waals surface area contributed by atoms with E-state index in [0.29, 0.717) is 11.4 Å². The lowest BCUT2D eigenvalue weighted by molar-refractivity contribution is 0.381. The lowest BCUT2D eigenvalue weighted by Gasteiger charge is -2.26. The lowest BCUT2D eigenvalue weighted by atomic mass is 9.97. The van der Waals surface area contributed by atoms with Crippen molar-refractivity contribution in [3.63, 3.8) is 0 Å². The van der Waals surface area contributed by atoms with Crippen molar-refractivity contribution < 1.29 is 4.52 Å². The third-order valence-corrected chi connectivity index (χ3v) is 5.48. The molecule has 1 aliphatic rings. The first kappa shape index (κ1) is 18.0. The first-order valence-corrected chi connectivity index (χ1v) is 9.73. The minimum atomic E-state index is 0.498. The summed E-state index contributed by atoms with van der Waals surface area (Å²) in [7, 11) is 0. The maximum atomic E-state index is 9.15. The monoisotopic (exact) mass is 393 g/mol. The molecule has 0 bridgehead atoms. The number of pyridine rings is 1. The van der Waals surface area contributed by atoms with Gasteiger partial charge in [-0.1, -0.05) is 17.3 Å². The predicted molar refractivity (Wildman–Crippen MR) is 116 cm³/mol. The molecule has 2 N–H and O–H groups in total. The van der Waals surface area contributed by atoms with Crippen LogP contribution in [-0.2, 0) is 6.42 Å². The highest BCUT2D eigenvalue weighted by Gasteiger charge is 2.26. The Kier molecular flexibility index (Phi) is 4.22. The van der Waals surface area contributed by atoms with Gasteiger partial charge in [0.2, 0.25) is 0 Å². The van der Waals surface area contributed by atoms with Crippen molar-refractivity contribution in [3.05, 3.63) is 77.8 Å². The minimum Gasteiger partial charge on any atom is -0.384 e. The molecule has 0 radical (unpaired) electrons. The zero-order valence-electron chi connectivity index (χ0n) is 16.5. The number of aromatic nitrogens is 2. The van der Waals surface area contributed by atoms with Gasteiger partial charge in [0.05, 0.1) is 17.3 Å². The summed E-state index contributed by atoms with van der Waals surface area (Å²) < 4.78 is 5.63. The van der Waals surface area contributed by atoms with Crippen molar-refractivity contribution in [2.45, 2.75) is 13.3 Å². The summed E-state index contributed by atoms with van der Waals surface area (Å²) in [5.41, 5.74) is 13.6. The maximum absolute atomic E-state index is 9.15. The van der Waals surface area contributed by atoms with Crippen LogP contribution in [0.2, 0.25) is 0 Å². The van der Waals surface area contributed by atoms with Crippen molar-refractivity contribution in [2.24, 2.45) is 0 Å². The van der Waals surface area contributed by atoms with Crippen LogP contribution in [0.15, 0.2) is 65.3 Å². The highest BCUT2D eigenvalue weighted by Crippen LogP contribution is 2.43. The summed E-state index contributed by atoms with van der Waals surface area (Å²) in [4.78, 5) is 6.50. The van der Waals surface area contributed by atoms with Gasteiger partial charge in [-0.05, 0) is 55.0 Å². The Morgan fingerprint density at radius 1 is 1.07 bits per heavy atom. The molecule has 0 spiro atoms. The average molecular weight is 393 g/mol. The van der Waals surface area contributed by atoms with Crippen LogP contribution in [0, 0.1) is 18.3 Å². The third kappa shape index (κ3) is 2.97. The fourth-order valence-electron chi connectivity index (χ4n) is 3.97. The van der Waals surface area contributed by atoms with Gasteiger partial charge in [-0.25, -0.2) is 4.98 Å². The summed E-state index contributed by atoms with van der Waals surface area (Å²) in [5.74, 6) is 1.39. The summed E-state index contributed by atoms with van der Waals surface area (Å²) >= 11 is 0. The Morgan fingerprint density at radius 3 is 2.60 bits per heavy atom. The quantitative estimate of drug-likeness (QED) is 0.523. The minimum absolute atomic E-state index is 0.498. The number of nitrogens with zero attached hydrogens (tertiary/aromatic N) is 4. The number of rotatable bonds is 2. The molecular formula is C24H19N5O. The molecule has 2 aromatic heterocycles. The van der Waals surface area contributed by atoms with Crippen molar-refractivity contribution in [2.75, 3.05) is 17.2 Å². The number of hydrogen-bond donors (Lipinski definition) is 1. The normalized spacial score (nSPS) is 12.6. The Hall–Kier alpha value is -4.11. The van der Waals surface area contributed by atoms with Crippen LogP contribution in [-0.4, -0.2) is 16.7 Å². The van der Waals surface area contributed by atoms with E-state index in [1.807, 2.05) is 43.3 Å². The van der Waals surface area contributed by atoms with Gasteiger partial charge >= 0.3 is 0 Å². The van der Waals surface area contributed by atoms with E-state index in [-0.39, 0.29) is 0 Å². The van der Waals surface area contributed by atoms with Crippen LogP contribution in [0.4, 0.5) is 17.2 Å². The summed E-state index contributed by atoms with van der Waals surface area (Å²) in [6.45, 7) is 2.71. The van der Waals surface area contributed by atoms with Gasteiger partial charge in [0.25, 0.3) is 0 Å². The number of nitrogen functional groups attached to an aromatic ring is 1. The molecule has 30 heavy (non-hydrogen) atoms. The Morgan fingerprint density at radius 2 is 1.87 bits per heavy atom. The van der Waals surface area contributed by atoms with E-state index < -0.39 is 0 Å². The van der Waals surface area contributed by atoms with Gasteiger partial charge in [0, 0.05) is 47.2 Å². The second-order valence-corrected chi connectivity index (χ2v) is 7.33. The number of benzene rings is 2. The molecule has 2 aromatic carbocycles. The van der Waals surface area contributed by atoms with Crippen LogP contribution in [0.5, 0.6) is 0 Å². The number of anilines is 3. The molecule has 6 nitrogen and oxygen atoms in total. The van der Waals surface area contributed by atoms with Crippen molar-refractivity contribution in [1.29, 1.82) is 5.26 Å². The van der Waals surface area contributed by atoms with Gasteiger partial charge in [-0.2, -0.15) is 5.26 Å². The molecule has 4 aromatic rings. The SMILES string of the molecule is Cc1noc2c1-c1ccc(-c3ccc(N)nc3)cc1N(c1ccc(C#N)cc1)CC2. The first-order chi connectivity index (χ1) is 14.6. The summed E-state index contributed by atoms with van der Waals surface area (Å²) in [6.07, 6.45) is 2.53. The third-order valence-electron chi connectivity index (χ3n) is 5.48. The summed E-state index contributed by atoms with van der Waals surface area (Å²) in [6, 6.07) is 20.0. The van der Waals surface area contributed by atoms with E-state index in [2.05, 4.69) is 39.3 Å². The molecule has 5 rings (SSSR count). The van der Waals surface area contributed by atoms with Crippen molar-refractivity contribution >= 4 is 17.2 Å². The molecule has 6 heteroatoms. The first-order valence-electron chi connectivity index (χ1n) is 9.73. The molecule has 0 amide bonds. The molecule has 146 valence electrons. The summed E-state index contributed by atoms with van der Waals surface area (Å²) in [5, 5.41) is 13.3.